The van der Waals surface area contributed by atoms with Crippen LogP contribution in [0.25, 0.3) is 0 Å². The lowest BCUT2D eigenvalue weighted by atomic mass is 9.78. The molecule has 4 nitrogen and oxygen atoms in total. The molecule has 19 heavy (non-hydrogen) atoms. The van der Waals surface area contributed by atoms with Crippen LogP contribution in [0.15, 0.2) is 0 Å². The van der Waals surface area contributed by atoms with Crippen LogP contribution in [0.1, 0.15) is 43.5 Å². The molecule has 0 spiro atoms. The van der Waals surface area contributed by atoms with Gasteiger partial charge in [0, 0.05) is 26.6 Å². The van der Waals surface area contributed by atoms with Crippen molar-refractivity contribution in [3.05, 3.63) is 16.4 Å². The number of aryl methyl sites for hydroxylation is 2. The lowest BCUT2D eigenvalue weighted by molar-refractivity contribution is -0.0585. The topological polar surface area (TPSA) is 53.1 Å². The minimum Gasteiger partial charge on any atom is -0.377 e. The Balaban J connectivity index is 2.17. The van der Waals surface area contributed by atoms with Gasteiger partial charge in [-0.25, -0.2) is 0 Å². The van der Waals surface area contributed by atoms with Crippen molar-refractivity contribution in [3.8, 4) is 0 Å². The second-order valence-corrected chi connectivity index (χ2v) is 5.99. The minimum atomic E-state index is -0.195. The third kappa shape index (κ3) is 2.81. The summed E-state index contributed by atoms with van der Waals surface area (Å²) >= 11 is 6.31. The maximum absolute atomic E-state index is 6.45. The van der Waals surface area contributed by atoms with Gasteiger partial charge < -0.3 is 10.5 Å². The normalized spacial score (nSPS) is 20.5. The van der Waals surface area contributed by atoms with Crippen LogP contribution in [0.2, 0.25) is 5.02 Å². The number of ether oxygens (including phenoxy) is 1. The van der Waals surface area contributed by atoms with E-state index in [1.165, 1.54) is 19.3 Å². The van der Waals surface area contributed by atoms with E-state index in [1.54, 1.807) is 7.11 Å². The Kier molecular flexibility index (Phi) is 4.54. The minimum absolute atomic E-state index is 0.0369. The highest BCUT2D eigenvalue weighted by Gasteiger charge is 2.38. The first kappa shape index (κ1) is 14.8. The van der Waals surface area contributed by atoms with E-state index in [-0.39, 0.29) is 11.6 Å². The van der Waals surface area contributed by atoms with Crippen molar-refractivity contribution < 1.29 is 4.74 Å². The van der Waals surface area contributed by atoms with E-state index in [2.05, 4.69) is 5.10 Å². The standard InChI is InChI=1S/C14H24ClN3O/c1-10-13(15)11(18(2)17-10)9-12(16)14(19-3)7-5-4-6-8-14/h12H,4-9,16H2,1-3H3. The molecule has 1 fully saturated rings. The van der Waals surface area contributed by atoms with Crippen molar-refractivity contribution in [3.63, 3.8) is 0 Å². The second kappa shape index (κ2) is 5.81. The van der Waals surface area contributed by atoms with Gasteiger partial charge in [0.05, 0.1) is 22.0 Å². The lowest BCUT2D eigenvalue weighted by Crippen LogP contribution is -2.52. The first-order chi connectivity index (χ1) is 9.00. The zero-order valence-electron chi connectivity index (χ0n) is 12.1. The quantitative estimate of drug-likeness (QED) is 0.925. The fraction of sp³-hybridized carbons (Fsp3) is 0.786. The Morgan fingerprint density at radius 3 is 2.53 bits per heavy atom. The summed E-state index contributed by atoms with van der Waals surface area (Å²) in [4.78, 5) is 0. The van der Waals surface area contributed by atoms with Gasteiger partial charge in [0.15, 0.2) is 0 Å². The summed E-state index contributed by atoms with van der Waals surface area (Å²) < 4.78 is 7.64. The summed E-state index contributed by atoms with van der Waals surface area (Å²) in [7, 11) is 3.70. The van der Waals surface area contributed by atoms with E-state index in [0.717, 1.165) is 29.3 Å². The van der Waals surface area contributed by atoms with Gasteiger partial charge in [-0.3, -0.25) is 4.68 Å². The number of methoxy groups -OCH3 is 1. The molecule has 1 aliphatic carbocycles. The van der Waals surface area contributed by atoms with Crippen molar-refractivity contribution in [2.75, 3.05) is 7.11 Å². The van der Waals surface area contributed by atoms with Gasteiger partial charge in [-0.15, -0.1) is 0 Å². The molecule has 0 aromatic carbocycles. The van der Waals surface area contributed by atoms with Gasteiger partial charge in [0.25, 0.3) is 0 Å². The highest BCUT2D eigenvalue weighted by atomic mass is 35.5. The van der Waals surface area contributed by atoms with Crippen LogP contribution in [0.4, 0.5) is 0 Å². The number of rotatable bonds is 4. The molecule has 1 aliphatic rings. The van der Waals surface area contributed by atoms with Gasteiger partial charge in [-0.05, 0) is 19.8 Å². The maximum atomic E-state index is 6.45. The van der Waals surface area contributed by atoms with Crippen LogP contribution in [0.3, 0.4) is 0 Å². The molecule has 1 aromatic rings. The predicted molar refractivity (Wildman–Crippen MR) is 77.5 cm³/mol. The molecule has 2 N–H and O–H groups in total. The number of hydrogen-bond acceptors (Lipinski definition) is 3. The molecule has 1 unspecified atom stereocenters. The first-order valence-corrected chi connectivity index (χ1v) is 7.36. The van der Waals surface area contributed by atoms with Gasteiger partial charge in [-0.2, -0.15) is 5.10 Å². The molecule has 0 radical (unpaired) electrons. The van der Waals surface area contributed by atoms with Crippen molar-refractivity contribution in [1.29, 1.82) is 0 Å². The number of halogens is 1. The monoisotopic (exact) mass is 285 g/mol. The molecule has 1 aromatic heterocycles. The highest BCUT2D eigenvalue weighted by Crippen LogP contribution is 2.35. The Morgan fingerprint density at radius 1 is 1.42 bits per heavy atom. The van der Waals surface area contributed by atoms with Crippen LogP contribution in [-0.4, -0.2) is 28.5 Å². The molecule has 0 aliphatic heterocycles. The van der Waals surface area contributed by atoms with E-state index in [9.17, 15) is 0 Å². The Morgan fingerprint density at radius 2 is 2.05 bits per heavy atom. The fourth-order valence-electron chi connectivity index (χ4n) is 3.17. The summed E-state index contributed by atoms with van der Waals surface area (Å²) in [6, 6.07) is -0.0369. The number of nitrogens with zero attached hydrogens (tertiary/aromatic N) is 2. The molecule has 108 valence electrons. The predicted octanol–water partition coefficient (Wildman–Crippen LogP) is 2.60. The van der Waals surface area contributed by atoms with Gasteiger partial charge in [0.1, 0.15) is 0 Å². The molecular formula is C14H24ClN3O. The summed E-state index contributed by atoms with van der Waals surface area (Å²) in [5.74, 6) is 0. The molecule has 1 heterocycles. The van der Waals surface area contributed by atoms with E-state index in [4.69, 9.17) is 22.1 Å². The average Bonchev–Trinajstić information content (AvgIpc) is 2.66. The summed E-state index contributed by atoms with van der Waals surface area (Å²) in [6.07, 6.45) is 6.46. The zero-order valence-corrected chi connectivity index (χ0v) is 12.8. The molecule has 0 saturated heterocycles. The Hall–Kier alpha value is -0.580. The molecule has 0 bridgehead atoms. The third-order valence-corrected chi connectivity index (χ3v) is 4.95. The van der Waals surface area contributed by atoms with Crippen LogP contribution >= 0.6 is 11.6 Å². The lowest BCUT2D eigenvalue weighted by Gasteiger charge is -2.40. The molecular weight excluding hydrogens is 262 g/mol. The zero-order chi connectivity index (χ0) is 14.0. The van der Waals surface area contributed by atoms with E-state index >= 15 is 0 Å². The van der Waals surface area contributed by atoms with Crippen LogP contribution in [0, 0.1) is 6.92 Å². The molecule has 0 amide bonds. The first-order valence-electron chi connectivity index (χ1n) is 6.99. The van der Waals surface area contributed by atoms with Crippen molar-refractivity contribution >= 4 is 11.6 Å². The number of nitrogens with two attached hydrogens (primary N) is 1. The summed E-state index contributed by atoms with van der Waals surface area (Å²) in [6.45, 7) is 1.92. The van der Waals surface area contributed by atoms with Crippen molar-refractivity contribution in [1.82, 2.24) is 9.78 Å². The molecule has 5 heteroatoms. The number of hydrogen-bond donors (Lipinski definition) is 1. The Labute approximate surface area is 120 Å². The highest BCUT2D eigenvalue weighted by molar-refractivity contribution is 6.31. The second-order valence-electron chi connectivity index (χ2n) is 5.61. The molecule has 1 saturated carbocycles. The van der Waals surface area contributed by atoms with Gasteiger partial charge in [-0.1, -0.05) is 30.9 Å². The van der Waals surface area contributed by atoms with Crippen LogP contribution in [0.5, 0.6) is 0 Å². The Bertz CT molecular complexity index is 438. The van der Waals surface area contributed by atoms with E-state index in [0.29, 0.717) is 6.42 Å². The fourth-order valence-corrected chi connectivity index (χ4v) is 3.41. The average molecular weight is 286 g/mol. The van der Waals surface area contributed by atoms with E-state index < -0.39 is 0 Å². The van der Waals surface area contributed by atoms with Gasteiger partial charge >= 0.3 is 0 Å². The van der Waals surface area contributed by atoms with E-state index in [1.807, 2.05) is 18.7 Å². The molecule has 1 atom stereocenters. The number of aromatic nitrogens is 2. The SMILES string of the molecule is COC1(C(N)Cc2c(Cl)c(C)nn2C)CCCCC1. The van der Waals surface area contributed by atoms with Crippen LogP contribution in [-0.2, 0) is 18.2 Å². The summed E-state index contributed by atoms with van der Waals surface area (Å²) in [5, 5.41) is 5.08. The maximum Gasteiger partial charge on any atom is 0.0847 e. The van der Waals surface area contributed by atoms with Crippen molar-refractivity contribution in [2.24, 2.45) is 12.8 Å². The summed E-state index contributed by atoms with van der Waals surface area (Å²) in [5.41, 5.74) is 8.12. The van der Waals surface area contributed by atoms with Gasteiger partial charge in [0.2, 0.25) is 0 Å². The largest absolute Gasteiger partial charge is 0.377 e. The third-order valence-electron chi connectivity index (χ3n) is 4.46. The van der Waals surface area contributed by atoms with Crippen LogP contribution < -0.4 is 5.73 Å². The smallest absolute Gasteiger partial charge is 0.0847 e. The molecule has 2 rings (SSSR count). The van der Waals surface area contributed by atoms with Crippen molar-refractivity contribution in [2.45, 2.75) is 57.1 Å².